The fourth-order valence-electron chi connectivity index (χ4n) is 4.25. The molecule has 32 heavy (non-hydrogen) atoms. The number of halogens is 2. The van der Waals surface area contributed by atoms with E-state index in [0.717, 1.165) is 23.3 Å². The van der Waals surface area contributed by atoms with Gasteiger partial charge in [0.05, 0.1) is 6.20 Å². The van der Waals surface area contributed by atoms with Crippen LogP contribution in [0.5, 0.6) is 11.5 Å². The van der Waals surface area contributed by atoms with Crippen LogP contribution in [0.2, 0.25) is 0 Å². The third-order valence-corrected chi connectivity index (χ3v) is 5.71. The molecular formula is C25H29F2N3O2. The molecule has 7 heteroatoms. The average Bonchev–Trinajstić information content (AvgIpc) is 3.53. The third-order valence-electron chi connectivity index (χ3n) is 5.71. The van der Waals surface area contributed by atoms with Crippen molar-refractivity contribution in [1.82, 2.24) is 4.98 Å². The van der Waals surface area contributed by atoms with E-state index in [2.05, 4.69) is 10.3 Å². The fraction of sp³-hybridized carbons (Fsp3) is 0.360. The minimum Gasteiger partial charge on any atom is -0.456 e. The molecule has 1 aromatic carbocycles. The highest BCUT2D eigenvalue weighted by Gasteiger charge is 2.55. The van der Waals surface area contributed by atoms with E-state index in [1.807, 2.05) is 51.1 Å². The van der Waals surface area contributed by atoms with Crippen molar-refractivity contribution in [3.05, 3.63) is 71.5 Å². The van der Waals surface area contributed by atoms with Crippen LogP contribution in [0.15, 0.2) is 71.5 Å². The zero-order valence-electron chi connectivity index (χ0n) is 18.6. The molecule has 5 rings (SSSR count). The molecule has 0 aliphatic heterocycles. The van der Waals surface area contributed by atoms with Crippen LogP contribution in [-0.4, -0.2) is 11.0 Å². The zero-order valence-corrected chi connectivity index (χ0v) is 18.6. The van der Waals surface area contributed by atoms with Gasteiger partial charge in [0, 0.05) is 12.8 Å². The Hall–Kier alpha value is -3.22. The van der Waals surface area contributed by atoms with Crippen molar-refractivity contribution in [2.45, 2.75) is 40.0 Å². The Labute approximate surface area is 187 Å². The van der Waals surface area contributed by atoms with Gasteiger partial charge in [0.25, 0.3) is 0 Å². The number of carbonyl (C=O) groups excluding carboxylic acids is 1. The molecule has 2 aromatic rings. The van der Waals surface area contributed by atoms with E-state index in [1.165, 1.54) is 6.20 Å². The maximum absolute atomic E-state index is 13.4. The molecule has 1 aromatic heterocycles. The number of ether oxygens (including phenoxy) is 1. The van der Waals surface area contributed by atoms with Gasteiger partial charge < -0.3 is 10.5 Å². The second kappa shape index (κ2) is 10.4. The van der Waals surface area contributed by atoms with Gasteiger partial charge in [0.15, 0.2) is 0 Å². The van der Waals surface area contributed by atoms with E-state index in [-0.39, 0.29) is 24.0 Å². The van der Waals surface area contributed by atoms with Crippen molar-refractivity contribution in [2.24, 2.45) is 23.5 Å². The number of nitrogens with two attached hydrogens (primary N) is 1. The highest BCUT2D eigenvalue weighted by Crippen LogP contribution is 2.64. The number of primary amides is 1. The van der Waals surface area contributed by atoms with E-state index in [4.69, 9.17) is 10.5 Å². The topological polar surface area (TPSA) is 77.2 Å². The summed E-state index contributed by atoms with van der Waals surface area (Å²) in [7, 11) is 0. The summed E-state index contributed by atoms with van der Waals surface area (Å²) in [6.45, 7) is 6.03. The van der Waals surface area contributed by atoms with Gasteiger partial charge in [-0.25, -0.2) is 18.6 Å². The summed E-state index contributed by atoms with van der Waals surface area (Å²) in [5.74, 6) is 2.82. The second-order valence-electron chi connectivity index (χ2n) is 7.72. The molecule has 170 valence electrons. The maximum atomic E-state index is 13.4. The molecule has 2 saturated carbocycles. The summed E-state index contributed by atoms with van der Waals surface area (Å²) in [6.07, 6.45) is 3.17. The number of nitrogens with one attached hydrogen (secondary N) is 1. The number of aromatic nitrogens is 1. The van der Waals surface area contributed by atoms with Gasteiger partial charge in [-0.1, -0.05) is 39.0 Å². The molecule has 0 radical (unpaired) electrons. The maximum Gasteiger partial charge on any atom is 0.317 e. The van der Waals surface area contributed by atoms with Crippen molar-refractivity contribution in [3.63, 3.8) is 0 Å². The van der Waals surface area contributed by atoms with Crippen LogP contribution in [0.25, 0.3) is 0 Å². The van der Waals surface area contributed by atoms with Crippen LogP contribution in [0.4, 0.5) is 19.4 Å². The predicted molar refractivity (Wildman–Crippen MR) is 122 cm³/mol. The monoisotopic (exact) mass is 441 g/mol. The van der Waals surface area contributed by atoms with E-state index >= 15 is 0 Å². The van der Waals surface area contributed by atoms with Gasteiger partial charge in [-0.2, -0.15) is 0 Å². The molecule has 5 nitrogen and oxygen atoms in total. The van der Waals surface area contributed by atoms with Crippen molar-refractivity contribution in [3.8, 4) is 11.5 Å². The van der Waals surface area contributed by atoms with Gasteiger partial charge in [0.1, 0.15) is 29.0 Å². The van der Waals surface area contributed by atoms with Crippen LogP contribution in [-0.2, 0) is 0 Å². The molecule has 3 aliphatic carbocycles. The fourth-order valence-corrected chi connectivity index (χ4v) is 4.25. The first-order valence-electron chi connectivity index (χ1n) is 11.0. The lowest BCUT2D eigenvalue weighted by Crippen LogP contribution is -2.19. The number of hydrogen-bond donors (Lipinski definition) is 2. The molecule has 1 unspecified atom stereocenters. The van der Waals surface area contributed by atoms with Gasteiger partial charge in [0.2, 0.25) is 0 Å². The number of rotatable bonds is 3. The molecular weight excluding hydrogens is 412 g/mol. The number of urea groups is 1. The van der Waals surface area contributed by atoms with Gasteiger partial charge in [-0.3, -0.25) is 5.32 Å². The van der Waals surface area contributed by atoms with Crippen molar-refractivity contribution in [2.75, 3.05) is 5.32 Å². The number of allylic oxidation sites excluding steroid dienone is 4. The van der Waals surface area contributed by atoms with E-state index in [0.29, 0.717) is 29.8 Å². The smallest absolute Gasteiger partial charge is 0.317 e. The predicted octanol–water partition coefficient (Wildman–Crippen LogP) is 6.90. The SMILES string of the molecule is CC.C[C@@H]1C2=C(F)CCC(F)=C2[C@@H]2CC12.NC(=O)Nc1ccc(Oc2ccccc2)cn1. The lowest BCUT2D eigenvalue weighted by Gasteiger charge is -2.18. The molecule has 2 amide bonds. The average molecular weight is 442 g/mol. The van der Waals surface area contributed by atoms with Crippen molar-refractivity contribution < 1.29 is 18.3 Å². The lowest BCUT2D eigenvalue weighted by molar-refractivity contribution is 0.259. The Bertz CT molecular complexity index is 986. The molecule has 0 bridgehead atoms. The van der Waals surface area contributed by atoms with Crippen LogP contribution in [0, 0.1) is 17.8 Å². The largest absolute Gasteiger partial charge is 0.456 e. The summed E-state index contributed by atoms with van der Waals surface area (Å²) in [4.78, 5) is 14.6. The summed E-state index contributed by atoms with van der Waals surface area (Å²) in [5.41, 5.74) is 6.44. The van der Waals surface area contributed by atoms with Crippen LogP contribution < -0.4 is 15.8 Å². The zero-order chi connectivity index (χ0) is 23.3. The summed E-state index contributed by atoms with van der Waals surface area (Å²) < 4.78 is 32.4. The van der Waals surface area contributed by atoms with E-state index < -0.39 is 6.03 Å². The molecule has 1 heterocycles. The number of anilines is 1. The molecule has 0 saturated heterocycles. The first-order chi connectivity index (χ1) is 15.4. The van der Waals surface area contributed by atoms with Crippen LogP contribution >= 0.6 is 0 Å². The number of benzene rings is 1. The summed E-state index contributed by atoms with van der Waals surface area (Å²) in [5, 5.41) is 2.37. The Kier molecular flexibility index (Phi) is 7.62. The standard InChI is InChI=1S/C12H11N3O2.C11H12F2.C2H6/c13-12(16)15-11-7-6-10(8-14-11)17-9-4-2-1-3-5-9;1-5-6-4-7(6)11-9(13)3-2-8(12)10(5)11;1-2/h1-8H,(H3,13,14,15,16);5-7H,2-4H2,1H3;1-2H3/t;5-,6?,7+;/m.0./s1. The molecule has 3 atom stereocenters. The highest BCUT2D eigenvalue weighted by atomic mass is 19.1. The minimum atomic E-state index is -0.644. The number of nitrogens with zero attached hydrogens (tertiary/aromatic N) is 1. The molecule has 2 fully saturated rings. The third kappa shape index (κ3) is 5.33. The normalized spacial score (nSPS) is 22.5. The Morgan fingerprint density at radius 1 is 1.03 bits per heavy atom. The molecule has 3 N–H and O–H groups in total. The molecule has 3 aliphatic rings. The van der Waals surface area contributed by atoms with Crippen molar-refractivity contribution in [1.29, 1.82) is 0 Å². The number of pyridine rings is 1. The quantitative estimate of drug-likeness (QED) is 0.544. The van der Waals surface area contributed by atoms with Crippen molar-refractivity contribution >= 4 is 11.8 Å². The highest BCUT2D eigenvalue weighted by molar-refractivity contribution is 5.86. The Morgan fingerprint density at radius 2 is 1.69 bits per heavy atom. The number of carbonyl (C=O) groups is 1. The first-order valence-corrected chi connectivity index (χ1v) is 11.0. The van der Waals surface area contributed by atoms with Crippen LogP contribution in [0.1, 0.15) is 40.0 Å². The number of amides is 2. The van der Waals surface area contributed by atoms with Crippen LogP contribution in [0.3, 0.4) is 0 Å². The van der Waals surface area contributed by atoms with Gasteiger partial charge in [-0.05, 0) is 59.6 Å². The minimum absolute atomic E-state index is 0.0340. The van der Waals surface area contributed by atoms with E-state index in [9.17, 15) is 13.6 Å². The van der Waals surface area contributed by atoms with Gasteiger partial charge in [-0.15, -0.1) is 0 Å². The Morgan fingerprint density at radius 3 is 2.25 bits per heavy atom. The number of fused-ring (bicyclic) bond motifs is 3. The Balaban J connectivity index is 0.000000172. The number of para-hydroxylation sites is 1. The number of hydrogen-bond acceptors (Lipinski definition) is 3. The summed E-state index contributed by atoms with van der Waals surface area (Å²) >= 11 is 0. The first kappa shape index (κ1) is 23.4. The lowest BCUT2D eigenvalue weighted by atomic mass is 9.89. The van der Waals surface area contributed by atoms with E-state index in [1.54, 1.807) is 12.1 Å². The van der Waals surface area contributed by atoms with Gasteiger partial charge >= 0.3 is 6.03 Å². The summed E-state index contributed by atoms with van der Waals surface area (Å²) in [6, 6.07) is 12.0. The second-order valence-corrected chi connectivity index (χ2v) is 7.72. The molecule has 0 spiro atoms.